The molecule has 0 amide bonds. The van der Waals surface area contributed by atoms with Crippen molar-refractivity contribution in [1.82, 2.24) is 37.2 Å². The van der Waals surface area contributed by atoms with Gasteiger partial charge in [-0.05, 0) is 19.5 Å². The summed E-state index contributed by atoms with van der Waals surface area (Å²) in [5.41, 5.74) is 22.8. The van der Waals surface area contributed by atoms with Crippen molar-refractivity contribution in [3.8, 4) is 0 Å². The number of azide groups is 1. The van der Waals surface area contributed by atoms with Crippen LogP contribution >= 0.6 is 101 Å². The van der Waals surface area contributed by atoms with Crippen LogP contribution in [0.3, 0.4) is 0 Å². The van der Waals surface area contributed by atoms with Gasteiger partial charge in [-0.1, -0.05) is 52.9 Å². The zero-order valence-corrected chi connectivity index (χ0v) is 64.9. The van der Waals surface area contributed by atoms with E-state index in [1.165, 1.54) is 65.1 Å². The molecule has 0 aliphatic heterocycles. The maximum absolute atomic E-state index is 9.75. The van der Waals surface area contributed by atoms with Crippen LogP contribution in [0, 0.1) is 50.6 Å². The van der Waals surface area contributed by atoms with Crippen molar-refractivity contribution in [1.29, 1.82) is 0 Å². The van der Waals surface area contributed by atoms with Gasteiger partial charge in [0.2, 0.25) is 0 Å². The fourth-order valence-electron chi connectivity index (χ4n) is 1.39. The molecular formula is C26H67Br3Cl4N19O20SSnW4-. The number of nitrogens with one attached hydrogen (secondary N) is 7. The first-order valence-corrected chi connectivity index (χ1v) is 34.4. The number of halogens is 7. The second kappa shape index (κ2) is 124. The van der Waals surface area contributed by atoms with E-state index in [0.717, 1.165) is 16.7 Å². The predicted octanol–water partition coefficient (Wildman–Crippen LogP) is -2.69. The molecule has 0 saturated carbocycles. The molecule has 0 aromatic heterocycles. The summed E-state index contributed by atoms with van der Waals surface area (Å²) in [6.45, 7) is 4.71. The molecule has 52 heteroatoms. The second-order valence-corrected chi connectivity index (χ2v) is 21.6. The van der Waals surface area contributed by atoms with E-state index in [-0.39, 0.29) is 81.5 Å². The van der Waals surface area contributed by atoms with Crippen molar-refractivity contribution in [3.63, 3.8) is 0 Å². The smallest absolute Gasteiger partial charge is 0.306 e. The van der Waals surface area contributed by atoms with Gasteiger partial charge < -0.3 is 52.8 Å². The average molecular weight is 2230 g/mol. The van der Waals surface area contributed by atoms with Crippen LogP contribution in [0.4, 0.5) is 0 Å². The van der Waals surface area contributed by atoms with Gasteiger partial charge in [-0.15, -0.1) is 23.2 Å². The summed E-state index contributed by atoms with van der Waals surface area (Å²) in [5.74, 6) is 0. The van der Waals surface area contributed by atoms with Crippen LogP contribution in [0.1, 0.15) is 6.92 Å². The largest absolute Gasteiger partial charge is 0.313 e. The molecule has 19 N–H and O–H groups in total. The SMILES string of the molecule is BrCBr.CCO.CN[C](=[W])NCOCN.CN[C](=[W])NCOCNC(N)=S.CN[C](=[W])NCOC[N+](=O)[O-].ClCCl.NCOC[N+](=O)[O-].O.O.O=[N+]([O-])CO.O=[N+]([O-])COCBr.[CH-]=NC.[Cl][Sn][Cl].[N-]=[N+]=NCOC[N+](=O)[O-].[W]. The first-order valence-electron chi connectivity index (χ1n) is 17.9. The van der Waals surface area contributed by atoms with Crippen molar-refractivity contribution >= 4 is 144 Å². The summed E-state index contributed by atoms with van der Waals surface area (Å²) >= 11 is 26.2. The Labute approximate surface area is 554 Å². The maximum atomic E-state index is 9.75. The third kappa shape index (κ3) is 241. The number of thiocarbonyl (C=S) groups is 1. The molecule has 0 aliphatic rings. The Morgan fingerprint density at radius 2 is 0.962 bits per heavy atom. The molecule has 2 radical (unpaired) electrons. The van der Waals surface area contributed by atoms with Crippen LogP contribution in [-0.4, -0.2) is 220 Å². The Hall–Kier alpha value is 0.712. The number of nitro groups is 5. The predicted molar refractivity (Wildman–Crippen MR) is 296 cm³/mol. The van der Waals surface area contributed by atoms with Gasteiger partial charge in [0, 0.05) is 52.3 Å². The van der Waals surface area contributed by atoms with E-state index >= 15 is 0 Å². The molecule has 0 unspecified atom stereocenters. The average Bonchev–Trinajstić information content (AvgIpc) is 3.34. The van der Waals surface area contributed by atoms with Crippen molar-refractivity contribution in [2.75, 3.05) is 131 Å². The quantitative estimate of drug-likeness (QED) is 0.00308. The molecule has 0 aromatic carbocycles. The van der Waals surface area contributed by atoms with Crippen LogP contribution in [0.2, 0.25) is 0 Å². The van der Waals surface area contributed by atoms with Gasteiger partial charge in [-0.2, -0.15) is 0 Å². The Balaban J connectivity index is -0.0000000439. The number of aliphatic hydroxyl groups is 2. The minimum atomic E-state index is -0.972. The normalized spacial score (nSPS) is 7.95. The molecule has 39 nitrogen and oxygen atoms in total. The number of ether oxygens (including phenoxy) is 6. The Kier molecular flexibility index (Phi) is 186. The van der Waals surface area contributed by atoms with Crippen LogP contribution < -0.4 is 54.4 Å². The number of hydrogen-bond acceptors (Lipinski definition) is 29. The minimum absolute atomic E-state index is 0. The van der Waals surface area contributed by atoms with E-state index in [1.807, 2.05) is 14.1 Å². The molecular weight excluding hydrogens is 2170 g/mol. The monoisotopic (exact) mass is 2230 g/mol. The summed E-state index contributed by atoms with van der Waals surface area (Å²) in [7, 11) is 16.9. The summed E-state index contributed by atoms with van der Waals surface area (Å²) < 4.78 is 31.1. The summed E-state index contributed by atoms with van der Waals surface area (Å²) in [4.78, 5) is 49.2. The van der Waals surface area contributed by atoms with Crippen LogP contribution in [0.5, 0.6) is 0 Å². The van der Waals surface area contributed by atoms with Crippen molar-refractivity contribution < 1.29 is 153 Å². The molecule has 470 valence electrons. The van der Waals surface area contributed by atoms with E-state index in [2.05, 4.69) is 138 Å². The van der Waals surface area contributed by atoms with Gasteiger partial charge in [0.1, 0.15) is 19.0 Å². The number of alkyl halides is 5. The Bertz CT molecular complexity index is 1350. The van der Waals surface area contributed by atoms with E-state index in [0.29, 0.717) is 20.2 Å². The van der Waals surface area contributed by atoms with E-state index in [9.17, 15) is 40.5 Å². The van der Waals surface area contributed by atoms with Gasteiger partial charge in [0.15, 0.2) is 0 Å². The first kappa shape index (κ1) is 117. The Morgan fingerprint density at radius 3 is 1.18 bits per heavy atom. The third-order valence-corrected chi connectivity index (χ3v) is 7.69. The molecule has 0 saturated heterocycles. The first-order chi connectivity index (χ1) is 35.3. The molecule has 0 aromatic rings. The van der Waals surface area contributed by atoms with Gasteiger partial charge in [-0.3, -0.25) is 40.5 Å². The van der Waals surface area contributed by atoms with Crippen LogP contribution in [-0.2, 0) is 108 Å². The summed E-state index contributed by atoms with van der Waals surface area (Å²) in [6, 6.07) is 0. The number of aliphatic hydroxyl groups excluding tert-OH is 2. The fraction of sp³-hybridized carbons (Fsp3) is 0.808. The van der Waals surface area contributed by atoms with Crippen LogP contribution in [0.25, 0.3) is 10.4 Å². The molecule has 0 fully saturated rings. The molecule has 0 spiro atoms. The van der Waals surface area contributed by atoms with Gasteiger partial charge in [0.05, 0.1) is 9.58 Å². The molecule has 0 bridgehead atoms. The fourth-order valence-corrected chi connectivity index (χ4v) is 2.22. The zero-order valence-electron chi connectivity index (χ0n) is 41.8. The van der Waals surface area contributed by atoms with Crippen molar-refractivity contribution in [2.24, 2.45) is 27.3 Å². The number of nitrogens with two attached hydrogens (primary N) is 3. The maximum Gasteiger partial charge on any atom is 0.306 e. The van der Waals surface area contributed by atoms with E-state index in [4.69, 9.17) is 93.6 Å². The van der Waals surface area contributed by atoms with Crippen LogP contribution in [0.15, 0.2) is 10.1 Å². The number of nitrogens with zero attached hydrogens (tertiary/aromatic N) is 9. The second-order valence-electron chi connectivity index (χ2n) is 8.58. The third-order valence-electron chi connectivity index (χ3n) is 3.46. The number of rotatable bonds is 28. The molecule has 0 rings (SSSR count). The molecule has 78 heavy (non-hydrogen) atoms. The van der Waals surface area contributed by atoms with Gasteiger partial charge >= 0.3 is 291 Å². The standard InChI is InChI=1S/C5H12N4OS.C4H9N3O3.C4H11N3O.C2H4BrNO3.C2H4N4O3.C2H6N2O3.C2H4N.C2H6O.CH2Br2.CH2Cl2.CH3NO3.2ClH.2H2O.Sn.4W/c1-7-2-8-3-10-4-9-5(6)11;1-5-2-6-3-10-4-7(8)9;1-6-3-7-4-8-2-5;3-1-7-2-4(5)6;3-5-4-1-9-2-6(7)8;3-1-7-2-4(5)6;1-3-2;1-2-3;2*2-1-3;3-1-2(4)5;;;;;;;;;/h7-8H,3-4H2,1H3,(H3,6,9,11);5-6H,3-4H2,1H3;6-7H,2,4-5H2,1H3;1-2H2;1-2H2;1-3H2;1H,2H3;3H,2H2,1H3;2*1H2;3H,1H2;2*1H;2*1H2;;;;;/q;;;;;;-1;;;;;;;;;+2;;;;/p-2. The minimum Gasteiger partial charge on any atom is -0.313 e. The van der Waals surface area contributed by atoms with Gasteiger partial charge in [-0.25, -0.2) is 0 Å². The summed E-state index contributed by atoms with van der Waals surface area (Å²) in [6.07, 6.45) is 0. The summed E-state index contributed by atoms with van der Waals surface area (Å²) in [5, 5.41) is 85.5. The number of hydrogen-bond donors (Lipinski definition) is 12. The van der Waals surface area contributed by atoms with Gasteiger partial charge in [0.25, 0.3) is 0 Å². The van der Waals surface area contributed by atoms with Crippen molar-refractivity contribution in [3.05, 3.63) is 61.0 Å². The zero-order chi connectivity index (χ0) is 61.5. The number of aliphatic imine (C=N–C) groups is 1. The Morgan fingerprint density at radius 1 is 0.705 bits per heavy atom. The van der Waals surface area contributed by atoms with Crippen molar-refractivity contribution in [2.45, 2.75) is 6.92 Å². The van der Waals surface area contributed by atoms with E-state index < -0.39 is 77.2 Å². The topological polar surface area (TPSA) is 598 Å². The molecule has 0 atom stereocenters. The van der Waals surface area contributed by atoms with E-state index in [1.54, 1.807) is 14.0 Å². The molecule has 0 aliphatic carbocycles. The molecule has 0 heterocycles.